The van der Waals surface area contributed by atoms with Gasteiger partial charge in [0.1, 0.15) is 0 Å². The smallest absolute Gasteiger partial charge is 0.376 e. The molecule has 3 nitrogen and oxygen atoms in total. The molecule has 0 aromatic rings. The second-order valence-electron chi connectivity index (χ2n) is 10.0. The maximum Gasteiger partial charge on any atom is 0.376 e. The number of hydrogen-bond donors (Lipinski definition) is 0. The van der Waals surface area contributed by atoms with E-state index in [1.54, 1.807) is 0 Å². The van der Waals surface area contributed by atoms with Crippen LogP contribution >= 0.6 is 8.03 Å². The number of nitrogens with zero attached hydrogens (tertiary/aromatic N) is 1. The van der Waals surface area contributed by atoms with E-state index >= 15 is 0 Å². The Labute approximate surface area is 190 Å². The standard InChI is InChI=1S/C26H53NO2P/c1-6-8-9-10-11-12-13-14-15-16-17-18-19-20-21-22-23-25-26(24-7-2,30(28)29)27(3,4)5/h12-13H,6-11,14-25H2,1-5H3/q+1/b13-12-. The van der Waals surface area contributed by atoms with Gasteiger partial charge in [-0.25, -0.2) is 0 Å². The van der Waals surface area contributed by atoms with Crippen LogP contribution in [0, 0.1) is 0 Å². The van der Waals surface area contributed by atoms with Crippen molar-refractivity contribution in [1.29, 1.82) is 0 Å². The van der Waals surface area contributed by atoms with E-state index < -0.39 is 13.3 Å². The lowest BCUT2D eigenvalue weighted by Crippen LogP contribution is -2.55. The second-order valence-corrected chi connectivity index (χ2v) is 11.4. The first-order valence-electron chi connectivity index (χ1n) is 12.9. The zero-order chi connectivity index (χ0) is 22.7. The first-order valence-corrected chi connectivity index (χ1v) is 14.1. The summed E-state index contributed by atoms with van der Waals surface area (Å²) >= 11 is 0. The summed E-state index contributed by atoms with van der Waals surface area (Å²) in [5.74, 6) is 0. The summed E-state index contributed by atoms with van der Waals surface area (Å²) in [6.07, 6.45) is 26.7. The van der Waals surface area contributed by atoms with Gasteiger partial charge < -0.3 is 4.89 Å². The van der Waals surface area contributed by atoms with E-state index in [2.05, 4.69) is 26.0 Å². The Morgan fingerprint density at radius 1 is 0.667 bits per heavy atom. The van der Waals surface area contributed by atoms with E-state index in [9.17, 15) is 9.46 Å². The topological polar surface area (TPSA) is 40.1 Å². The molecule has 0 aliphatic rings. The molecule has 0 N–H and O–H groups in total. The minimum absolute atomic E-state index is 0.521. The molecule has 0 aromatic carbocycles. The predicted molar refractivity (Wildman–Crippen MR) is 132 cm³/mol. The van der Waals surface area contributed by atoms with Gasteiger partial charge in [-0.1, -0.05) is 94.8 Å². The Morgan fingerprint density at radius 3 is 1.50 bits per heavy atom. The van der Waals surface area contributed by atoms with Crippen molar-refractivity contribution < 1.29 is 13.9 Å². The van der Waals surface area contributed by atoms with Gasteiger partial charge in [-0.3, -0.25) is 4.48 Å². The molecular formula is C26H53NO2P+. The quantitative estimate of drug-likeness (QED) is 0.0779. The molecule has 0 spiro atoms. The second kappa shape index (κ2) is 18.3. The van der Waals surface area contributed by atoms with Gasteiger partial charge in [0.25, 0.3) is 5.28 Å². The maximum absolute atomic E-state index is 12.1. The molecule has 0 heterocycles. The van der Waals surface area contributed by atoms with E-state index in [-0.39, 0.29) is 0 Å². The molecule has 0 aliphatic carbocycles. The molecule has 0 radical (unpaired) electrons. The fourth-order valence-electron chi connectivity index (χ4n) is 4.46. The SMILES string of the molecule is CCCCCC/C=C\CCCCCCCCCCCC(CCC)([P+](=O)[O-])[N+](C)(C)C. The summed E-state index contributed by atoms with van der Waals surface area (Å²) in [4.78, 5) is 12.1. The molecule has 0 fully saturated rings. The highest BCUT2D eigenvalue weighted by Crippen LogP contribution is 2.45. The van der Waals surface area contributed by atoms with Crippen molar-refractivity contribution in [2.24, 2.45) is 0 Å². The summed E-state index contributed by atoms with van der Waals surface area (Å²) in [5, 5.41) is -0.589. The van der Waals surface area contributed by atoms with Crippen LogP contribution in [0.4, 0.5) is 0 Å². The van der Waals surface area contributed by atoms with Crippen LogP contribution in [-0.2, 0) is 4.57 Å². The van der Waals surface area contributed by atoms with Gasteiger partial charge in [0, 0.05) is 12.8 Å². The summed E-state index contributed by atoms with van der Waals surface area (Å²) in [6, 6.07) is 0. The van der Waals surface area contributed by atoms with Crippen LogP contribution in [0.1, 0.15) is 129 Å². The average Bonchev–Trinajstić information content (AvgIpc) is 2.68. The van der Waals surface area contributed by atoms with Crippen LogP contribution in [0.15, 0.2) is 12.2 Å². The van der Waals surface area contributed by atoms with E-state index in [1.807, 2.05) is 21.1 Å². The summed E-state index contributed by atoms with van der Waals surface area (Å²) in [7, 11) is 3.68. The summed E-state index contributed by atoms with van der Waals surface area (Å²) < 4.78 is 12.6. The number of unbranched alkanes of at least 4 members (excludes halogenated alkanes) is 13. The van der Waals surface area contributed by atoms with E-state index in [0.29, 0.717) is 4.48 Å². The first-order chi connectivity index (χ1) is 14.3. The van der Waals surface area contributed by atoms with Crippen molar-refractivity contribution in [2.45, 2.75) is 135 Å². The molecule has 2 atom stereocenters. The monoisotopic (exact) mass is 442 g/mol. The number of quaternary nitrogens is 1. The lowest BCUT2D eigenvalue weighted by Gasteiger charge is -2.39. The normalized spacial score (nSPS) is 14.9. The highest BCUT2D eigenvalue weighted by atomic mass is 31.1. The van der Waals surface area contributed by atoms with Crippen LogP contribution in [0.3, 0.4) is 0 Å². The van der Waals surface area contributed by atoms with Crippen LogP contribution in [0.5, 0.6) is 0 Å². The molecule has 0 bridgehead atoms. The van der Waals surface area contributed by atoms with E-state index in [0.717, 1.165) is 32.1 Å². The van der Waals surface area contributed by atoms with Gasteiger partial charge in [0.05, 0.1) is 21.1 Å². The molecule has 0 rings (SSSR count). The van der Waals surface area contributed by atoms with Gasteiger partial charge in [-0.15, -0.1) is 0 Å². The lowest BCUT2D eigenvalue weighted by atomic mass is 9.99. The molecule has 0 aromatic heterocycles. The largest absolute Gasteiger partial charge is 0.590 e. The van der Waals surface area contributed by atoms with Gasteiger partial charge >= 0.3 is 8.03 Å². The van der Waals surface area contributed by atoms with Crippen molar-refractivity contribution in [3.8, 4) is 0 Å². The Bertz CT molecular complexity index is 445. The zero-order valence-corrected chi connectivity index (χ0v) is 22.0. The summed E-state index contributed by atoms with van der Waals surface area (Å²) in [6.45, 7) is 4.36. The Morgan fingerprint density at radius 2 is 1.10 bits per heavy atom. The van der Waals surface area contributed by atoms with E-state index in [1.165, 1.54) is 83.5 Å². The molecule has 0 aliphatic heterocycles. The highest BCUT2D eigenvalue weighted by Gasteiger charge is 2.53. The van der Waals surface area contributed by atoms with Crippen molar-refractivity contribution in [1.82, 2.24) is 0 Å². The van der Waals surface area contributed by atoms with Crippen molar-refractivity contribution in [3.63, 3.8) is 0 Å². The van der Waals surface area contributed by atoms with Crippen LogP contribution in [0.25, 0.3) is 0 Å². The number of rotatable bonds is 21. The molecule has 2 unspecified atom stereocenters. The predicted octanol–water partition coefficient (Wildman–Crippen LogP) is 8.11. The highest BCUT2D eigenvalue weighted by molar-refractivity contribution is 7.38. The number of allylic oxidation sites excluding steroid dienone is 2. The minimum atomic E-state index is -2.42. The average molecular weight is 443 g/mol. The molecule has 30 heavy (non-hydrogen) atoms. The fraction of sp³-hybridized carbons (Fsp3) is 0.923. The van der Waals surface area contributed by atoms with Crippen LogP contribution in [0.2, 0.25) is 0 Å². The van der Waals surface area contributed by atoms with Crippen LogP contribution in [-0.4, -0.2) is 30.9 Å². The molecule has 0 saturated heterocycles. The molecule has 178 valence electrons. The zero-order valence-electron chi connectivity index (χ0n) is 21.1. The van der Waals surface area contributed by atoms with Crippen LogP contribution < -0.4 is 4.89 Å². The summed E-state index contributed by atoms with van der Waals surface area (Å²) in [5.41, 5.74) is 0. The van der Waals surface area contributed by atoms with Crippen molar-refractivity contribution in [2.75, 3.05) is 21.1 Å². The van der Waals surface area contributed by atoms with Crippen molar-refractivity contribution in [3.05, 3.63) is 12.2 Å². The lowest BCUT2D eigenvalue weighted by molar-refractivity contribution is -0.910. The molecular weight excluding hydrogens is 389 g/mol. The third-order valence-electron chi connectivity index (χ3n) is 6.58. The minimum Gasteiger partial charge on any atom is -0.590 e. The Kier molecular flexibility index (Phi) is 18.2. The van der Waals surface area contributed by atoms with Gasteiger partial charge in [0.2, 0.25) is 0 Å². The van der Waals surface area contributed by atoms with E-state index in [4.69, 9.17) is 0 Å². The third kappa shape index (κ3) is 13.2. The van der Waals surface area contributed by atoms with Gasteiger partial charge in [-0.2, -0.15) is 0 Å². The van der Waals surface area contributed by atoms with Crippen molar-refractivity contribution >= 4 is 8.03 Å². The Hall–Kier alpha value is -0.240. The Balaban J connectivity index is 3.69. The van der Waals surface area contributed by atoms with Gasteiger partial charge in [-0.05, 0) is 38.5 Å². The molecule has 0 saturated carbocycles. The maximum atomic E-state index is 12.1. The third-order valence-corrected chi connectivity index (χ3v) is 8.30. The number of hydrogen-bond acceptors (Lipinski definition) is 2. The molecule has 0 amide bonds. The fourth-order valence-corrected chi connectivity index (χ4v) is 5.69. The first kappa shape index (κ1) is 29.8. The van der Waals surface area contributed by atoms with Gasteiger partial charge in [0.15, 0.2) is 0 Å². The molecule has 4 heteroatoms.